The molecule has 1 fully saturated rings. The third-order valence-electron chi connectivity index (χ3n) is 3.84. The minimum absolute atomic E-state index is 0.258. The second-order valence-corrected chi connectivity index (χ2v) is 8.57. The second-order valence-electron chi connectivity index (χ2n) is 5.46. The summed E-state index contributed by atoms with van der Waals surface area (Å²) in [6.45, 7) is 7.41. The van der Waals surface area contributed by atoms with Crippen molar-refractivity contribution in [3.63, 3.8) is 0 Å². The number of sulfonamides is 1. The first-order valence-corrected chi connectivity index (χ1v) is 9.36. The molecule has 1 unspecified atom stereocenters. The van der Waals surface area contributed by atoms with Gasteiger partial charge in [-0.15, -0.1) is 22.9 Å². The highest BCUT2D eigenvalue weighted by Gasteiger charge is 2.36. The molecule has 19 heavy (non-hydrogen) atoms. The van der Waals surface area contributed by atoms with Crippen LogP contribution in [0, 0.1) is 18.8 Å². The fraction of sp³-hybridized carbons (Fsp3) is 0.692. The smallest absolute Gasteiger partial charge is 0.207 e. The van der Waals surface area contributed by atoms with E-state index in [1.807, 2.05) is 12.3 Å². The molecule has 2 rings (SSSR count). The van der Waals surface area contributed by atoms with Gasteiger partial charge < -0.3 is 0 Å². The molecule has 0 aliphatic carbocycles. The molecule has 0 radical (unpaired) electrons. The molecule has 108 valence electrons. The predicted octanol–water partition coefficient (Wildman–Crippen LogP) is 3.46. The molecule has 1 aliphatic heterocycles. The van der Waals surface area contributed by atoms with E-state index >= 15 is 0 Å². The van der Waals surface area contributed by atoms with Gasteiger partial charge in [0.25, 0.3) is 0 Å². The molecular formula is C13H20ClNO2S2. The number of hydrogen-bond donors (Lipinski definition) is 0. The van der Waals surface area contributed by atoms with E-state index in [2.05, 4.69) is 13.8 Å². The molecule has 1 saturated heterocycles. The van der Waals surface area contributed by atoms with Gasteiger partial charge in [-0.25, -0.2) is 8.42 Å². The standard InChI is InChI=1S/C13H20ClNO2S2/c1-9(2)11-4-5-15(7-11)19(16,17)13-10(3)8-18-12(13)6-14/h8-9,11H,4-7H2,1-3H3. The Morgan fingerprint density at radius 1 is 1.53 bits per heavy atom. The number of hydrogen-bond acceptors (Lipinski definition) is 3. The Balaban J connectivity index is 2.31. The van der Waals surface area contributed by atoms with Crippen molar-refractivity contribution in [1.29, 1.82) is 0 Å². The Labute approximate surface area is 124 Å². The Bertz CT molecular complexity index is 551. The number of aryl methyl sites for hydroxylation is 1. The van der Waals surface area contributed by atoms with Gasteiger partial charge in [0.15, 0.2) is 0 Å². The summed E-state index contributed by atoms with van der Waals surface area (Å²) >= 11 is 7.30. The first-order valence-electron chi connectivity index (χ1n) is 6.51. The number of alkyl halides is 1. The van der Waals surface area contributed by atoms with Crippen LogP contribution in [-0.2, 0) is 15.9 Å². The molecule has 1 aromatic heterocycles. The fourth-order valence-corrected chi connectivity index (χ4v) is 6.09. The summed E-state index contributed by atoms with van der Waals surface area (Å²) in [5.74, 6) is 1.25. The van der Waals surface area contributed by atoms with Crippen LogP contribution in [-0.4, -0.2) is 25.8 Å². The van der Waals surface area contributed by atoms with Crippen molar-refractivity contribution in [2.24, 2.45) is 11.8 Å². The average molecular weight is 322 g/mol. The highest BCUT2D eigenvalue weighted by atomic mass is 35.5. The zero-order valence-corrected chi connectivity index (χ0v) is 13.9. The van der Waals surface area contributed by atoms with Crippen LogP contribution in [0.4, 0.5) is 0 Å². The highest BCUT2D eigenvalue weighted by Crippen LogP contribution is 2.34. The maximum absolute atomic E-state index is 12.7. The summed E-state index contributed by atoms with van der Waals surface area (Å²) in [5, 5.41) is 1.88. The molecular weight excluding hydrogens is 302 g/mol. The first-order chi connectivity index (χ1) is 8.87. The van der Waals surface area contributed by atoms with Gasteiger partial charge in [-0.1, -0.05) is 13.8 Å². The summed E-state index contributed by atoms with van der Waals surface area (Å²) in [5.41, 5.74) is 0.814. The lowest BCUT2D eigenvalue weighted by Gasteiger charge is -2.18. The van der Waals surface area contributed by atoms with E-state index in [1.54, 1.807) is 4.31 Å². The lowest BCUT2D eigenvalue weighted by Crippen LogP contribution is -2.30. The number of halogens is 1. The Kier molecular flexibility index (Phi) is 4.60. The van der Waals surface area contributed by atoms with E-state index in [4.69, 9.17) is 11.6 Å². The molecule has 6 heteroatoms. The SMILES string of the molecule is Cc1csc(CCl)c1S(=O)(=O)N1CCC(C(C)C)C1. The normalized spacial score (nSPS) is 21.4. The van der Waals surface area contributed by atoms with E-state index in [-0.39, 0.29) is 5.88 Å². The van der Waals surface area contributed by atoms with Gasteiger partial charge in [0.05, 0.1) is 5.88 Å². The topological polar surface area (TPSA) is 37.4 Å². The number of nitrogens with zero attached hydrogens (tertiary/aromatic N) is 1. The fourth-order valence-electron chi connectivity index (χ4n) is 2.57. The maximum atomic E-state index is 12.7. The molecule has 0 amide bonds. The van der Waals surface area contributed by atoms with Crippen LogP contribution >= 0.6 is 22.9 Å². The van der Waals surface area contributed by atoms with Crippen LogP contribution in [0.15, 0.2) is 10.3 Å². The highest BCUT2D eigenvalue weighted by molar-refractivity contribution is 7.89. The van der Waals surface area contributed by atoms with E-state index in [0.717, 1.165) is 16.9 Å². The largest absolute Gasteiger partial charge is 0.244 e. The minimum atomic E-state index is -3.38. The first kappa shape index (κ1) is 15.3. The number of rotatable bonds is 4. The molecule has 1 aromatic rings. The van der Waals surface area contributed by atoms with Gasteiger partial charge >= 0.3 is 0 Å². The molecule has 1 aliphatic rings. The third kappa shape index (κ3) is 2.84. The van der Waals surface area contributed by atoms with Crippen LogP contribution in [0.2, 0.25) is 0 Å². The predicted molar refractivity (Wildman–Crippen MR) is 80.3 cm³/mol. The van der Waals surface area contributed by atoms with Gasteiger partial charge in [0.1, 0.15) is 4.90 Å². The van der Waals surface area contributed by atoms with Crippen LogP contribution < -0.4 is 0 Å². The van der Waals surface area contributed by atoms with Gasteiger partial charge in [0, 0.05) is 18.0 Å². The van der Waals surface area contributed by atoms with E-state index in [9.17, 15) is 8.42 Å². The van der Waals surface area contributed by atoms with Gasteiger partial charge in [-0.3, -0.25) is 0 Å². The third-order valence-corrected chi connectivity index (χ3v) is 7.59. The van der Waals surface area contributed by atoms with Crippen LogP contribution in [0.1, 0.15) is 30.7 Å². The van der Waals surface area contributed by atoms with E-state index in [1.165, 1.54) is 11.3 Å². The Morgan fingerprint density at radius 2 is 2.21 bits per heavy atom. The van der Waals surface area contributed by atoms with E-state index in [0.29, 0.717) is 29.8 Å². The zero-order valence-electron chi connectivity index (χ0n) is 11.5. The zero-order chi connectivity index (χ0) is 14.2. The van der Waals surface area contributed by atoms with Crippen molar-refractivity contribution < 1.29 is 8.42 Å². The molecule has 2 heterocycles. The molecule has 0 bridgehead atoms. The monoisotopic (exact) mass is 321 g/mol. The Hall–Kier alpha value is -0.100. The van der Waals surface area contributed by atoms with Crippen molar-refractivity contribution in [2.45, 2.75) is 38.0 Å². The molecule has 0 N–H and O–H groups in total. The second kappa shape index (κ2) is 5.72. The van der Waals surface area contributed by atoms with Crippen LogP contribution in [0.5, 0.6) is 0 Å². The van der Waals surface area contributed by atoms with Gasteiger partial charge in [-0.2, -0.15) is 4.31 Å². The molecule has 3 nitrogen and oxygen atoms in total. The van der Waals surface area contributed by atoms with Crippen molar-refractivity contribution in [2.75, 3.05) is 13.1 Å². The Morgan fingerprint density at radius 3 is 2.74 bits per heavy atom. The van der Waals surface area contributed by atoms with Crippen molar-refractivity contribution in [3.8, 4) is 0 Å². The lowest BCUT2D eigenvalue weighted by molar-refractivity contribution is 0.388. The quantitative estimate of drug-likeness (QED) is 0.796. The lowest BCUT2D eigenvalue weighted by atomic mass is 9.96. The van der Waals surface area contributed by atoms with E-state index < -0.39 is 10.0 Å². The maximum Gasteiger partial charge on any atom is 0.244 e. The number of thiophene rings is 1. The minimum Gasteiger partial charge on any atom is -0.207 e. The van der Waals surface area contributed by atoms with Crippen LogP contribution in [0.3, 0.4) is 0 Å². The summed E-state index contributed by atoms with van der Waals surface area (Å²) in [7, 11) is -3.38. The summed E-state index contributed by atoms with van der Waals surface area (Å²) in [6, 6.07) is 0. The van der Waals surface area contributed by atoms with Crippen LogP contribution in [0.25, 0.3) is 0 Å². The molecule has 1 atom stereocenters. The molecule has 0 saturated carbocycles. The summed E-state index contributed by atoms with van der Waals surface area (Å²) in [4.78, 5) is 1.20. The van der Waals surface area contributed by atoms with Crippen molar-refractivity contribution >= 4 is 33.0 Å². The molecule has 0 spiro atoms. The van der Waals surface area contributed by atoms with Crippen molar-refractivity contribution in [3.05, 3.63) is 15.8 Å². The van der Waals surface area contributed by atoms with Gasteiger partial charge in [0.2, 0.25) is 10.0 Å². The van der Waals surface area contributed by atoms with Crippen molar-refractivity contribution in [1.82, 2.24) is 4.31 Å². The molecule has 0 aromatic carbocycles. The average Bonchev–Trinajstić information content (AvgIpc) is 2.95. The summed E-state index contributed by atoms with van der Waals surface area (Å²) in [6.07, 6.45) is 0.955. The van der Waals surface area contributed by atoms with Gasteiger partial charge in [-0.05, 0) is 36.1 Å². The summed E-state index contributed by atoms with van der Waals surface area (Å²) < 4.78 is 27.1.